The molecule has 192 valence electrons. The largest absolute Gasteiger partial charge is 0.392 e. The number of carbonyl (C=O) groups excluding carboxylic acids is 1. The van der Waals surface area contributed by atoms with Gasteiger partial charge in [0.05, 0.1) is 30.5 Å². The van der Waals surface area contributed by atoms with E-state index < -0.39 is 12.4 Å². The molecule has 1 aliphatic rings. The number of nitrogens with one attached hydrogen (secondary N) is 1. The Morgan fingerprint density at radius 2 is 2.14 bits per heavy atom. The molecule has 1 aliphatic heterocycles. The maximum atomic E-state index is 14.3. The Bertz CT molecular complexity index is 1450. The zero-order chi connectivity index (χ0) is 26.1. The third-order valence-electron chi connectivity index (χ3n) is 6.54. The number of hydrogen-bond donors (Lipinski definition) is 2. The Morgan fingerprint density at radius 3 is 2.86 bits per heavy atom. The van der Waals surface area contributed by atoms with Crippen LogP contribution in [0.15, 0.2) is 55.0 Å². The van der Waals surface area contributed by atoms with Gasteiger partial charge in [-0.2, -0.15) is 5.10 Å². The molecule has 2 N–H and O–H groups in total. The lowest BCUT2D eigenvalue weighted by Gasteiger charge is -2.36. The molecule has 0 saturated carbocycles. The highest BCUT2D eigenvalue weighted by Crippen LogP contribution is 2.34. The van der Waals surface area contributed by atoms with Gasteiger partial charge in [0.2, 0.25) is 0 Å². The molecule has 4 aromatic rings. The van der Waals surface area contributed by atoms with Gasteiger partial charge < -0.3 is 24.6 Å². The third-order valence-corrected chi connectivity index (χ3v) is 6.84. The van der Waals surface area contributed by atoms with Crippen LogP contribution in [0.4, 0.5) is 16.0 Å². The number of aromatic nitrogens is 4. The van der Waals surface area contributed by atoms with E-state index >= 15 is 0 Å². The quantitative estimate of drug-likeness (QED) is 0.362. The first-order valence-corrected chi connectivity index (χ1v) is 12.1. The predicted octanol–water partition coefficient (Wildman–Crippen LogP) is 3.98. The molecule has 4 heterocycles. The van der Waals surface area contributed by atoms with E-state index in [9.17, 15) is 14.3 Å². The van der Waals surface area contributed by atoms with Crippen molar-refractivity contribution >= 4 is 29.1 Å². The Hall–Kier alpha value is -3.73. The van der Waals surface area contributed by atoms with Crippen molar-refractivity contribution in [2.45, 2.75) is 25.7 Å². The van der Waals surface area contributed by atoms with Crippen LogP contribution in [-0.2, 0) is 31.5 Å². The second-order valence-corrected chi connectivity index (χ2v) is 9.27. The smallest absolute Gasteiger partial charge is 0.271 e. The molecule has 1 aromatic carbocycles. The molecule has 1 amide bonds. The molecule has 1 unspecified atom stereocenters. The van der Waals surface area contributed by atoms with Crippen LogP contribution in [0.25, 0.3) is 11.1 Å². The molecule has 0 bridgehead atoms. The second-order valence-electron chi connectivity index (χ2n) is 8.86. The number of ether oxygens (including phenoxy) is 1. The number of halogens is 2. The Morgan fingerprint density at radius 1 is 1.30 bits per heavy atom. The number of rotatable bonds is 8. The number of nitrogens with zero attached hydrogens (tertiary/aromatic N) is 5. The van der Waals surface area contributed by atoms with E-state index in [4.69, 9.17) is 16.3 Å². The van der Waals surface area contributed by atoms with Gasteiger partial charge in [-0.1, -0.05) is 23.7 Å². The standard InChI is InChI=1S/C26H26ClFN6O3/c1-32-25(6-7-30-32)31-24-9-19(21(27)10-29-24)17-8-23-26(36)34(18(15-37-2)13-33(23)11-17)12-16-4-3-5-22(28)20(16)14-35/h3-11,18,35H,12-15H2,1-2H3,(H,29,31). The van der Waals surface area contributed by atoms with Crippen LogP contribution in [-0.4, -0.2) is 55.0 Å². The Labute approximate surface area is 218 Å². The summed E-state index contributed by atoms with van der Waals surface area (Å²) < 4.78 is 23.3. The topological polar surface area (TPSA) is 97.4 Å². The van der Waals surface area contributed by atoms with Gasteiger partial charge in [0.25, 0.3) is 5.91 Å². The highest BCUT2D eigenvalue weighted by Gasteiger charge is 2.34. The molecular formula is C26H26ClFN6O3. The average molecular weight is 525 g/mol. The first-order chi connectivity index (χ1) is 17.9. The number of amides is 1. The molecule has 0 fully saturated rings. The van der Waals surface area contributed by atoms with E-state index in [1.165, 1.54) is 6.07 Å². The van der Waals surface area contributed by atoms with E-state index in [0.717, 1.165) is 16.9 Å². The summed E-state index contributed by atoms with van der Waals surface area (Å²) in [6.07, 6.45) is 5.14. The first-order valence-electron chi connectivity index (χ1n) is 11.7. The highest BCUT2D eigenvalue weighted by molar-refractivity contribution is 6.33. The zero-order valence-corrected chi connectivity index (χ0v) is 21.1. The van der Waals surface area contributed by atoms with E-state index in [-0.39, 0.29) is 24.1 Å². The van der Waals surface area contributed by atoms with Gasteiger partial charge in [-0.3, -0.25) is 9.48 Å². The van der Waals surface area contributed by atoms with Gasteiger partial charge in [0.15, 0.2) is 0 Å². The van der Waals surface area contributed by atoms with E-state index in [1.54, 1.807) is 47.3 Å². The van der Waals surface area contributed by atoms with Crippen molar-refractivity contribution in [3.8, 4) is 11.1 Å². The molecule has 0 spiro atoms. The molecule has 1 atom stereocenters. The van der Waals surface area contributed by atoms with Gasteiger partial charge in [0.1, 0.15) is 23.1 Å². The monoisotopic (exact) mass is 524 g/mol. The molecule has 0 saturated heterocycles. The second kappa shape index (κ2) is 10.3. The number of pyridine rings is 1. The van der Waals surface area contributed by atoms with E-state index in [0.29, 0.717) is 35.2 Å². The van der Waals surface area contributed by atoms with Crippen LogP contribution in [0.3, 0.4) is 0 Å². The molecule has 11 heteroatoms. The maximum Gasteiger partial charge on any atom is 0.271 e. The van der Waals surface area contributed by atoms with Crippen molar-refractivity contribution in [2.24, 2.45) is 7.05 Å². The first kappa shape index (κ1) is 24.9. The van der Waals surface area contributed by atoms with Crippen LogP contribution >= 0.6 is 11.6 Å². The summed E-state index contributed by atoms with van der Waals surface area (Å²) in [7, 11) is 3.40. The minimum absolute atomic E-state index is 0.149. The van der Waals surface area contributed by atoms with Gasteiger partial charge in [0, 0.05) is 62.4 Å². The molecule has 0 aliphatic carbocycles. The van der Waals surface area contributed by atoms with Crippen LogP contribution < -0.4 is 5.32 Å². The summed E-state index contributed by atoms with van der Waals surface area (Å²) in [5, 5.41) is 17.5. The Kier molecular flexibility index (Phi) is 6.96. The van der Waals surface area contributed by atoms with Crippen molar-refractivity contribution < 1.29 is 19.0 Å². The van der Waals surface area contributed by atoms with Crippen LogP contribution in [0.5, 0.6) is 0 Å². The summed E-state index contributed by atoms with van der Waals surface area (Å²) >= 11 is 6.51. The van der Waals surface area contributed by atoms with Gasteiger partial charge in [-0.15, -0.1) is 0 Å². The summed E-state index contributed by atoms with van der Waals surface area (Å²) in [6.45, 7) is 0.490. The fourth-order valence-electron chi connectivity index (χ4n) is 4.63. The van der Waals surface area contributed by atoms with Crippen molar-refractivity contribution in [1.29, 1.82) is 0 Å². The average Bonchev–Trinajstić information content (AvgIpc) is 3.49. The fraction of sp³-hybridized carbons (Fsp3) is 0.269. The van der Waals surface area contributed by atoms with Crippen molar-refractivity contribution in [3.05, 3.63) is 82.6 Å². The van der Waals surface area contributed by atoms with Crippen molar-refractivity contribution in [3.63, 3.8) is 0 Å². The SMILES string of the molecule is COCC1Cn2cc(-c3cc(Nc4ccnn4C)ncc3Cl)cc2C(=O)N1Cc1cccc(F)c1CO. The Balaban J connectivity index is 1.48. The van der Waals surface area contributed by atoms with Crippen LogP contribution in [0, 0.1) is 5.82 Å². The lowest BCUT2D eigenvalue weighted by molar-refractivity contribution is 0.0386. The number of aliphatic hydroxyl groups is 1. The molecule has 3 aromatic heterocycles. The number of aliphatic hydroxyl groups excluding tert-OH is 1. The van der Waals surface area contributed by atoms with Crippen LogP contribution in [0.2, 0.25) is 5.02 Å². The summed E-state index contributed by atoms with van der Waals surface area (Å²) in [6, 6.07) is 9.77. The summed E-state index contributed by atoms with van der Waals surface area (Å²) in [5.41, 5.74) is 2.71. The zero-order valence-electron chi connectivity index (χ0n) is 20.4. The van der Waals surface area contributed by atoms with E-state index in [1.807, 2.05) is 29.9 Å². The maximum absolute atomic E-state index is 14.3. The molecule has 0 radical (unpaired) electrons. The van der Waals surface area contributed by atoms with Crippen molar-refractivity contribution in [2.75, 3.05) is 19.0 Å². The van der Waals surface area contributed by atoms with Crippen molar-refractivity contribution in [1.82, 2.24) is 24.2 Å². The minimum atomic E-state index is -0.499. The number of methoxy groups -OCH3 is 1. The summed E-state index contributed by atoms with van der Waals surface area (Å²) in [4.78, 5) is 19.7. The number of aryl methyl sites for hydroxylation is 1. The normalized spacial score (nSPS) is 15.2. The summed E-state index contributed by atoms with van der Waals surface area (Å²) in [5.74, 6) is 0.636. The van der Waals surface area contributed by atoms with Gasteiger partial charge in [-0.05, 0) is 23.8 Å². The van der Waals surface area contributed by atoms with Gasteiger partial charge >= 0.3 is 0 Å². The number of hydrogen-bond acceptors (Lipinski definition) is 6. The third kappa shape index (κ3) is 4.83. The molecular weight excluding hydrogens is 499 g/mol. The van der Waals surface area contributed by atoms with Gasteiger partial charge in [-0.25, -0.2) is 9.37 Å². The predicted molar refractivity (Wildman–Crippen MR) is 137 cm³/mol. The van der Waals surface area contributed by atoms with E-state index in [2.05, 4.69) is 15.4 Å². The lowest BCUT2D eigenvalue weighted by atomic mass is 10.0. The van der Waals surface area contributed by atoms with Crippen LogP contribution in [0.1, 0.15) is 21.6 Å². The molecule has 5 rings (SSSR count). The molecule has 9 nitrogen and oxygen atoms in total. The number of carbonyl (C=O) groups is 1. The highest BCUT2D eigenvalue weighted by atomic mass is 35.5. The number of anilines is 2. The minimum Gasteiger partial charge on any atom is -0.392 e. The fourth-order valence-corrected chi connectivity index (χ4v) is 4.84. The number of benzene rings is 1. The lowest BCUT2D eigenvalue weighted by Crippen LogP contribution is -2.49. The number of fused-ring (bicyclic) bond motifs is 1. The molecule has 37 heavy (non-hydrogen) atoms.